The summed E-state index contributed by atoms with van der Waals surface area (Å²) in [7, 11) is 1.79. The van der Waals surface area contributed by atoms with Crippen molar-refractivity contribution >= 4 is 34.1 Å². The minimum atomic E-state index is -0.415. The third kappa shape index (κ3) is 1.22. The van der Waals surface area contributed by atoms with Crippen molar-refractivity contribution in [1.29, 1.82) is 0 Å². The molecule has 0 amide bonds. The zero-order valence-corrected chi connectivity index (χ0v) is 9.25. The summed E-state index contributed by atoms with van der Waals surface area (Å²) in [4.78, 5) is 0. The first kappa shape index (κ1) is 9.81. The first-order chi connectivity index (χ1) is 6.52. The lowest BCUT2D eigenvalue weighted by Gasteiger charge is -2.02. The number of aromatic nitrogens is 1. The molecule has 0 unspecified atom stereocenters. The van der Waals surface area contributed by atoms with Gasteiger partial charge in [0.1, 0.15) is 0 Å². The zero-order valence-electron chi connectivity index (χ0n) is 7.74. The van der Waals surface area contributed by atoms with Crippen LogP contribution in [0.4, 0.5) is 4.39 Å². The normalized spacial score (nSPS) is 11.2. The van der Waals surface area contributed by atoms with E-state index in [9.17, 15) is 4.39 Å². The molecule has 1 heterocycles. The molecule has 1 aromatic heterocycles. The molecule has 0 atom stereocenters. The highest BCUT2D eigenvalue weighted by Crippen LogP contribution is 2.32. The molecule has 14 heavy (non-hydrogen) atoms. The molecule has 0 bridgehead atoms. The van der Waals surface area contributed by atoms with E-state index in [0.717, 1.165) is 5.69 Å². The predicted octanol–water partition coefficient (Wildman–Crippen LogP) is 3.93. The van der Waals surface area contributed by atoms with Crippen molar-refractivity contribution < 1.29 is 4.39 Å². The van der Waals surface area contributed by atoms with Crippen LogP contribution in [0.25, 0.3) is 10.9 Å². The molecule has 0 N–H and O–H groups in total. The number of hydrogen-bond donors (Lipinski definition) is 0. The number of aryl methyl sites for hydroxylation is 2. The first-order valence-corrected chi connectivity index (χ1v) is 4.87. The fourth-order valence-electron chi connectivity index (χ4n) is 1.54. The average molecular weight is 232 g/mol. The lowest BCUT2D eigenvalue weighted by atomic mass is 10.2. The summed E-state index contributed by atoms with van der Waals surface area (Å²) in [5.74, 6) is -0.415. The molecule has 0 saturated carbocycles. The SMILES string of the molecule is Cc1cc2c(Cl)cc(Cl)c(F)c2n1C. The van der Waals surface area contributed by atoms with E-state index in [2.05, 4.69) is 0 Å². The molecule has 1 aromatic carbocycles. The Labute approximate surface area is 91.0 Å². The number of rotatable bonds is 0. The number of nitrogens with zero attached hydrogens (tertiary/aromatic N) is 1. The number of halogens is 3. The van der Waals surface area contributed by atoms with Crippen LogP contribution in [0.15, 0.2) is 12.1 Å². The molecule has 74 valence electrons. The molecule has 0 fully saturated rings. The van der Waals surface area contributed by atoms with Gasteiger partial charge in [-0.1, -0.05) is 23.2 Å². The molecule has 0 spiro atoms. The quantitative estimate of drug-likeness (QED) is 0.606. The van der Waals surface area contributed by atoms with Gasteiger partial charge in [-0.05, 0) is 19.1 Å². The third-order valence-corrected chi connectivity index (χ3v) is 2.99. The van der Waals surface area contributed by atoms with E-state index in [-0.39, 0.29) is 5.02 Å². The lowest BCUT2D eigenvalue weighted by Crippen LogP contribution is -1.93. The van der Waals surface area contributed by atoms with Crippen LogP contribution >= 0.6 is 23.2 Å². The molecule has 2 rings (SSSR count). The molecule has 4 heteroatoms. The zero-order chi connectivity index (χ0) is 10.5. The average Bonchev–Trinajstić information content (AvgIpc) is 2.41. The Hall–Kier alpha value is -0.730. The van der Waals surface area contributed by atoms with Crippen LogP contribution in [0.2, 0.25) is 10.0 Å². The van der Waals surface area contributed by atoms with Crippen molar-refractivity contribution in [1.82, 2.24) is 4.57 Å². The smallest absolute Gasteiger partial charge is 0.166 e. The monoisotopic (exact) mass is 231 g/mol. The van der Waals surface area contributed by atoms with E-state index in [1.165, 1.54) is 6.07 Å². The Kier molecular flexibility index (Phi) is 2.20. The third-order valence-electron chi connectivity index (χ3n) is 2.40. The fourth-order valence-corrected chi connectivity index (χ4v) is 2.05. The van der Waals surface area contributed by atoms with Gasteiger partial charge >= 0.3 is 0 Å². The van der Waals surface area contributed by atoms with Gasteiger partial charge < -0.3 is 4.57 Å². The largest absolute Gasteiger partial charge is 0.345 e. The van der Waals surface area contributed by atoms with Crippen molar-refractivity contribution in [3.05, 3.63) is 33.7 Å². The molecule has 0 aliphatic carbocycles. The highest BCUT2D eigenvalue weighted by molar-refractivity contribution is 6.38. The number of fused-ring (bicyclic) bond motifs is 1. The molecule has 1 nitrogen and oxygen atoms in total. The second-order valence-electron chi connectivity index (χ2n) is 3.26. The van der Waals surface area contributed by atoms with E-state index in [1.54, 1.807) is 11.6 Å². The van der Waals surface area contributed by atoms with Gasteiger partial charge in [-0.15, -0.1) is 0 Å². The maximum atomic E-state index is 13.6. The molecular formula is C10H8Cl2FN. The van der Waals surface area contributed by atoms with Gasteiger partial charge in [0.15, 0.2) is 5.82 Å². The summed E-state index contributed by atoms with van der Waals surface area (Å²) < 4.78 is 15.4. The van der Waals surface area contributed by atoms with Gasteiger partial charge in [0.05, 0.1) is 15.6 Å². The van der Waals surface area contributed by atoms with Crippen molar-refractivity contribution in [3.8, 4) is 0 Å². The van der Waals surface area contributed by atoms with Crippen molar-refractivity contribution in [3.63, 3.8) is 0 Å². The summed E-state index contributed by atoms with van der Waals surface area (Å²) in [6, 6.07) is 3.28. The second kappa shape index (κ2) is 3.14. The van der Waals surface area contributed by atoms with Crippen LogP contribution in [-0.2, 0) is 7.05 Å². The Morgan fingerprint density at radius 2 is 1.86 bits per heavy atom. The molecular weight excluding hydrogens is 224 g/mol. The van der Waals surface area contributed by atoms with E-state index in [4.69, 9.17) is 23.2 Å². The van der Waals surface area contributed by atoms with Crippen LogP contribution in [0.5, 0.6) is 0 Å². The Morgan fingerprint density at radius 3 is 2.50 bits per heavy atom. The molecule has 2 aromatic rings. The van der Waals surface area contributed by atoms with E-state index >= 15 is 0 Å². The summed E-state index contributed by atoms with van der Waals surface area (Å²) >= 11 is 11.7. The van der Waals surface area contributed by atoms with Gasteiger partial charge in [0, 0.05) is 18.1 Å². The molecule has 0 radical (unpaired) electrons. The lowest BCUT2D eigenvalue weighted by molar-refractivity contribution is 0.631. The Bertz CT molecular complexity index is 517. The molecule has 0 saturated heterocycles. The number of hydrogen-bond acceptors (Lipinski definition) is 0. The first-order valence-electron chi connectivity index (χ1n) is 4.12. The van der Waals surface area contributed by atoms with E-state index in [1.807, 2.05) is 13.0 Å². The van der Waals surface area contributed by atoms with Crippen molar-refractivity contribution in [2.75, 3.05) is 0 Å². The molecule has 0 aliphatic heterocycles. The maximum absolute atomic E-state index is 13.6. The van der Waals surface area contributed by atoms with E-state index in [0.29, 0.717) is 15.9 Å². The maximum Gasteiger partial charge on any atom is 0.166 e. The summed E-state index contributed by atoms with van der Waals surface area (Å²) in [5, 5.41) is 1.24. The van der Waals surface area contributed by atoms with Crippen LogP contribution in [-0.4, -0.2) is 4.57 Å². The second-order valence-corrected chi connectivity index (χ2v) is 4.08. The van der Waals surface area contributed by atoms with Crippen molar-refractivity contribution in [2.24, 2.45) is 7.05 Å². The Balaban J connectivity index is 3.03. The highest BCUT2D eigenvalue weighted by Gasteiger charge is 2.14. The van der Waals surface area contributed by atoms with Gasteiger partial charge in [0.25, 0.3) is 0 Å². The number of benzene rings is 1. The van der Waals surface area contributed by atoms with Crippen LogP contribution in [0.3, 0.4) is 0 Å². The minimum absolute atomic E-state index is 0.0590. The van der Waals surface area contributed by atoms with Crippen LogP contribution in [0.1, 0.15) is 5.69 Å². The fraction of sp³-hybridized carbons (Fsp3) is 0.200. The standard InChI is InChI=1S/C10H8Cl2FN/c1-5-3-6-7(11)4-8(12)9(13)10(6)14(5)2/h3-4H,1-2H3. The summed E-state index contributed by atoms with van der Waals surface area (Å²) in [6.07, 6.45) is 0. The summed E-state index contributed by atoms with van der Waals surface area (Å²) in [5.41, 5.74) is 1.41. The van der Waals surface area contributed by atoms with Crippen molar-refractivity contribution in [2.45, 2.75) is 6.92 Å². The topological polar surface area (TPSA) is 4.93 Å². The summed E-state index contributed by atoms with van der Waals surface area (Å²) in [6.45, 7) is 1.89. The van der Waals surface area contributed by atoms with Crippen LogP contribution in [0, 0.1) is 12.7 Å². The predicted molar refractivity (Wildman–Crippen MR) is 57.6 cm³/mol. The van der Waals surface area contributed by atoms with E-state index < -0.39 is 5.82 Å². The minimum Gasteiger partial charge on any atom is -0.345 e. The van der Waals surface area contributed by atoms with Gasteiger partial charge in [-0.3, -0.25) is 0 Å². The van der Waals surface area contributed by atoms with Crippen LogP contribution < -0.4 is 0 Å². The van der Waals surface area contributed by atoms with Gasteiger partial charge in [-0.25, -0.2) is 4.39 Å². The van der Waals surface area contributed by atoms with Gasteiger partial charge in [0.2, 0.25) is 0 Å². The Morgan fingerprint density at radius 1 is 1.21 bits per heavy atom. The highest BCUT2D eigenvalue weighted by atomic mass is 35.5. The van der Waals surface area contributed by atoms with Gasteiger partial charge in [-0.2, -0.15) is 0 Å². The molecule has 0 aliphatic rings.